The van der Waals surface area contributed by atoms with Gasteiger partial charge in [-0.1, -0.05) is 43.3 Å². The Kier molecular flexibility index (Phi) is 6.70. The van der Waals surface area contributed by atoms with Crippen molar-refractivity contribution in [1.82, 2.24) is 10.2 Å². The van der Waals surface area contributed by atoms with Crippen molar-refractivity contribution in [2.45, 2.75) is 32.2 Å². The lowest BCUT2D eigenvalue weighted by atomic mass is 10.0. The van der Waals surface area contributed by atoms with Crippen molar-refractivity contribution < 1.29 is 9.59 Å². The van der Waals surface area contributed by atoms with E-state index in [9.17, 15) is 9.59 Å². The first-order valence-corrected chi connectivity index (χ1v) is 10.3. The number of hydrogen-bond acceptors (Lipinski definition) is 3. The quantitative estimate of drug-likeness (QED) is 0.745. The first-order chi connectivity index (χ1) is 13.9. The highest BCUT2D eigenvalue weighted by Crippen LogP contribution is 2.33. The maximum atomic E-state index is 13.0. The Morgan fingerprint density at radius 1 is 1.03 bits per heavy atom. The first-order valence-electron chi connectivity index (χ1n) is 10.3. The zero-order valence-corrected chi connectivity index (χ0v) is 17.8. The molecule has 0 radical (unpaired) electrons. The average molecular weight is 394 g/mol. The lowest BCUT2D eigenvalue weighted by molar-refractivity contribution is -0.119. The van der Waals surface area contributed by atoms with Gasteiger partial charge in [-0.05, 0) is 56.6 Å². The van der Waals surface area contributed by atoms with Crippen LogP contribution in [0, 0.1) is 5.92 Å². The van der Waals surface area contributed by atoms with E-state index in [1.807, 2.05) is 32.3 Å². The van der Waals surface area contributed by atoms with Crippen molar-refractivity contribution in [2.75, 3.05) is 32.6 Å². The molecule has 0 bridgehead atoms. The third kappa shape index (κ3) is 5.04. The number of carbonyl (C=O) groups is 2. The predicted molar refractivity (Wildman–Crippen MR) is 117 cm³/mol. The molecule has 1 unspecified atom stereocenters. The molecule has 5 nitrogen and oxygen atoms in total. The third-order valence-electron chi connectivity index (χ3n) is 5.62. The van der Waals surface area contributed by atoms with Gasteiger partial charge in [-0.2, -0.15) is 0 Å². The molecule has 1 atom stereocenters. The topological polar surface area (TPSA) is 52.7 Å². The number of likely N-dealkylation sites (N-methyl/N-ethyl adjacent to an activating group) is 1. The molecular weight excluding hydrogens is 362 g/mol. The summed E-state index contributed by atoms with van der Waals surface area (Å²) < 4.78 is 0. The zero-order valence-electron chi connectivity index (χ0n) is 17.8. The van der Waals surface area contributed by atoms with Gasteiger partial charge in [0.05, 0.1) is 17.3 Å². The van der Waals surface area contributed by atoms with Gasteiger partial charge < -0.3 is 15.1 Å². The van der Waals surface area contributed by atoms with Crippen LogP contribution in [-0.4, -0.2) is 44.4 Å². The van der Waals surface area contributed by atoms with Gasteiger partial charge in [-0.25, -0.2) is 0 Å². The fourth-order valence-corrected chi connectivity index (χ4v) is 3.54. The molecule has 0 heterocycles. The molecule has 29 heavy (non-hydrogen) atoms. The Balaban J connectivity index is 1.72. The summed E-state index contributed by atoms with van der Waals surface area (Å²) in [7, 11) is 5.78. The van der Waals surface area contributed by atoms with Crippen LogP contribution in [0.1, 0.15) is 47.3 Å². The van der Waals surface area contributed by atoms with Crippen LogP contribution in [0.3, 0.4) is 0 Å². The smallest absolute Gasteiger partial charge is 0.253 e. The Morgan fingerprint density at radius 3 is 2.28 bits per heavy atom. The van der Waals surface area contributed by atoms with Crippen molar-refractivity contribution in [3.63, 3.8) is 0 Å². The minimum absolute atomic E-state index is 0.0721. The highest BCUT2D eigenvalue weighted by Gasteiger charge is 2.33. The van der Waals surface area contributed by atoms with Gasteiger partial charge in [0.15, 0.2) is 0 Å². The number of anilines is 1. The second kappa shape index (κ2) is 9.23. The summed E-state index contributed by atoms with van der Waals surface area (Å²) in [6.45, 7) is 2.63. The molecule has 1 fully saturated rings. The SMILES string of the molecule is CCc1ccc(C(CNC(=O)c2ccccc2N(C)C(=O)C2CC2)N(C)C)cc1. The molecule has 1 aliphatic rings. The second-order valence-corrected chi connectivity index (χ2v) is 7.97. The third-order valence-corrected chi connectivity index (χ3v) is 5.62. The van der Waals surface area contributed by atoms with Crippen LogP contribution < -0.4 is 10.2 Å². The lowest BCUT2D eigenvalue weighted by Crippen LogP contribution is -2.36. The van der Waals surface area contributed by atoms with Gasteiger partial charge in [0, 0.05) is 19.5 Å². The Bertz CT molecular complexity index is 857. The Labute approximate surface area is 173 Å². The van der Waals surface area contributed by atoms with E-state index in [1.165, 1.54) is 11.1 Å². The van der Waals surface area contributed by atoms with Crippen molar-refractivity contribution >= 4 is 17.5 Å². The molecule has 1 saturated carbocycles. The number of nitrogens with one attached hydrogen (secondary N) is 1. The summed E-state index contributed by atoms with van der Waals surface area (Å²) in [6.07, 6.45) is 2.89. The molecule has 0 aliphatic heterocycles. The van der Waals surface area contributed by atoms with Gasteiger partial charge in [-0.3, -0.25) is 9.59 Å². The van der Waals surface area contributed by atoms with Crippen LogP contribution in [0.4, 0.5) is 5.69 Å². The molecule has 0 spiro atoms. The number of nitrogens with zero attached hydrogens (tertiary/aromatic N) is 2. The minimum Gasteiger partial charge on any atom is -0.350 e. The van der Waals surface area contributed by atoms with E-state index >= 15 is 0 Å². The molecule has 2 amide bonds. The maximum Gasteiger partial charge on any atom is 0.253 e. The van der Waals surface area contributed by atoms with Gasteiger partial charge in [0.25, 0.3) is 5.91 Å². The number of amides is 2. The molecule has 2 aromatic rings. The van der Waals surface area contributed by atoms with E-state index < -0.39 is 0 Å². The summed E-state index contributed by atoms with van der Waals surface area (Å²) in [5, 5.41) is 3.07. The molecule has 5 heteroatoms. The molecule has 3 rings (SSSR count). The standard InChI is InChI=1S/C24H31N3O2/c1-5-17-10-12-18(13-11-17)22(26(2)3)16-25-23(28)20-8-6-7-9-21(20)27(4)24(29)19-14-15-19/h6-13,19,22H,5,14-16H2,1-4H3,(H,25,28). The fourth-order valence-electron chi connectivity index (χ4n) is 3.54. The van der Waals surface area contributed by atoms with Crippen LogP contribution in [0.2, 0.25) is 0 Å². The second-order valence-electron chi connectivity index (χ2n) is 7.97. The van der Waals surface area contributed by atoms with Crippen LogP contribution in [0.5, 0.6) is 0 Å². The van der Waals surface area contributed by atoms with Crippen molar-refractivity contribution in [3.8, 4) is 0 Å². The summed E-state index contributed by atoms with van der Waals surface area (Å²) in [5.41, 5.74) is 3.66. The molecule has 0 saturated heterocycles. The van der Waals surface area contributed by atoms with Crippen LogP contribution in [0.25, 0.3) is 0 Å². The maximum absolute atomic E-state index is 13.0. The average Bonchev–Trinajstić information content (AvgIpc) is 3.58. The zero-order chi connectivity index (χ0) is 21.0. The van der Waals surface area contributed by atoms with Crippen molar-refractivity contribution in [1.29, 1.82) is 0 Å². The molecular formula is C24H31N3O2. The minimum atomic E-state index is -0.159. The molecule has 2 aromatic carbocycles. The van der Waals surface area contributed by atoms with E-state index in [0.717, 1.165) is 19.3 Å². The monoisotopic (exact) mass is 393 g/mol. The largest absolute Gasteiger partial charge is 0.350 e. The van der Waals surface area contributed by atoms with Crippen molar-refractivity contribution in [2.24, 2.45) is 5.92 Å². The number of hydrogen-bond donors (Lipinski definition) is 1. The number of benzene rings is 2. The van der Waals surface area contributed by atoms with E-state index in [4.69, 9.17) is 0 Å². The first kappa shape index (κ1) is 21.1. The molecule has 1 aliphatic carbocycles. The van der Waals surface area contributed by atoms with E-state index in [1.54, 1.807) is 18.0 Å². The van der Waals surface area contributed by atoms with Crippen LogP contribution in [-0.2, 0) is 11.2 Å². The van der Waals surface area contributed by atoms with E-state index in [-0.39, 0.29) is 23.8 Å². The number of aryl methyl sites for hydroxylation is 1. The normalized spacial score (nSPS) is 14.5. The van der Waals surface area contributed by atoms with Gasteiger partial charge in [0.1, 0.15) is 0 Å². The highest BCUT2D eigenvalue weighted by molar-refractivity contribution is 6.05. The summed E-state index contributed by atoms with van der Waals surface area (Å²) >= 11 is 0. The van der Waals surface area contributed by atoms with Gasteiger partial charge >= 0.3 is 0 Å². The number of rotatable bonds is 8. The molecule has 1 N–H and O–H groups in total. The lowest BCUT2D eigenvalue weighted by Gasteiger charge is -2.26. The van der Waals surface area contributed by atoms with Gasteiger partial charge in [-0.15, -0.1) is 0 Å². The summed E-state index contributed by atoms with van der Waals surface area (Å²) in [5.74, 6) is 0.0424. The predicted octanol–water partition coefficient (Wildman–Crippen LogP) is 3.65. The fraction of sp³-hybridized carbons (Fsp3) is 0.417. The van der Waals surface area contributed by atoms with E-state index in [2.05, 4.69) is 41.4 Å². The molecule has 0 aromatic heterocycles. The Morgan fingerprint density at radius 2 is 1.69 bits per heavy atom. The van der Waals surface area contributed by atoms with Gasteiger partial charge in [0.2, 0.25) is 5.91 Å². The van der Waals surface area contributed by atoms with Crippen LogP contribution >= 0.6 is 0 Å². The van der Waals surface area contributed by atoms with Crippen molar-refractivity contribution in [3.05, 3.63) is 65.2 Å². The number of para-hydroxylation sites is 1. The van der Waals surface area contributed by atoms with Crippen LogP contribution in [0.15, 0.2) is 48.5 Å². The molecule has 154 valence electrons. The highest BCUT2D eigenvalue weighted by atomic mass is 16.2. The Hall–Kier alpha value is -2.66. The van der Waals surface area contributed by atoms with E-state index in [0.29, 0.717) is 17.8 Å². The number of carbonyl (C=O) groups excluding carboxylic acids is 2. The summed E-state index contributed by atoms with van der Waals surface area (Å²) in [6, 6.07) is 15.9. The summed E-state index contributed by atoms with van der Waals surface area (Å²) in [4.78, 5) is 29.2.